The molecule has 0 spiro atoms. The van der Waals surface area contributed by atoms with Crippen molar-refractivity contribution >= 4 is 10.8 Å². The number of benzene rings is 4. The largest absolute Gasteiger partial charge is 0.508 e. The van der Waals surface area contributed by atoms with Crippen LogP contribution in [0.1, 0.15) is 22.6 Å². The van der Waals surface area contributed by atoms with Gasteiger partial charge in [0.25, 0.3) is 0 Å². The van der Waals surface area contributed by atoms with Crippen LogP contribution < -0.4 is 4.74 Å². The summed E-state index contributed by atoms with van der Waals surface area (Å²) in [7, 11) is 1.65. The monoisotopic (exact) mass is 364 g/mol. The molecule has 0 aromatic heterocycles. The SMILES string of the molecule is COc1ccc(C(C#Cc2ccccc2)c2c(O)ccc3ccccc23)cc1. The fraction of sp³-hybridized carbons (Fsp3) is 0.0769. The lowest BCUT2D eigenvalue weighted by atomic mass is 9.87. The molecule has 2 nitrogen and oxygen atoms in total. The number of hydrogen-bond donors (Lipinski definition) is 1. The molecule has 1 atom stereocenters. The van der Waals surface area contributed by atoms with E-state index in [1.165, 1.54) is 0 Å². The Labute approximate surface area is 165 Å². The van der Waals surface area contributed by atoms with Gasteiger partial charge < -0.3 is 9.84 Å². The van der Waals surface area contributed by atoms with Crippen molar-refractivity contribution in [2.75, 3.05) is 7.11 Å². The fourth-order valence-corrected chi connectivity index (χ4v) is 3.38. The van der Waals surface area contributed by atoms with Crippen LogP contribution >= 0.6 is 0 Å². The van der Waals surface area contributed by atoms with Gasteiger partial charge in [0.15, 0.2) is 0 Å². The Morgan fingerprint density at radius 1 is 0.786 bits per heavy atom. The number of phenols is 1. The minimum absolute atomic E-state index is 0.252. The van der Waals surface area contributed by atoms with Gasteiger partial charge in [-0.15, -0.1) is 0 Å². The van der Waals surface area contributed by atoms with Gasteiger partial charge in [0.1, 0.15) is 11.5 Å². The van der Waals surface area contributed by atoms with Gasteiger partial charge in [-0.05, 0) is 46.7 Å². The summed E-state index contributed by atoms with van der Waals surface area (Å²) in [6.45, 7) is 0. The van der Waals surface area contributed by atoms with Crippen LogP contribution in [0.5, 0.6) is 11.5 Å². The van der Waals surface area contributed by atoms with Gasteiger partial charge in [-0.2, -0.15) is 0 Å². The lowest BCUT2D eigenvalue weighted by Crippen LogP contribution is -2.01. The first kappa shape index (κ1) is 17.7. The van der Waals surface area contributed by atoms with Crippen LogP contribution in [0.4, 0.5) is 0 Å². The average molecular weight is 364 g/mol. The minimum Gasteiger partial charge on any atom is -0.508 e. The average Bonchev–Trinajstić information content (AvgIpc) is 2.76. The molecule has 0 bridgehead atoms. The van der Waals surface area contributed by atoms with Crippen LogP contribution in [-0.4, -0.2) is 12.2 Å². The molecular formula is C26H20O2. The molecule has 28 heavy (non-hydrogen) atoms. The molecule has 4 rings (SSSR count). The minimum atomic E-state index is -0.266. The van der Waals surface area contributed by atoms with Gasteiger partial charge >= 0.3 is 0 Å². The molecule has 1 N–H and O–H groups in total. The summed E-state index contributed by atoms with van der Waals surface area (Å²) in [4.78, 5) is 0. The molecular weight excluding hydrogens is 344 g/mol. The van der Waals surface area contributed by atoms with E-state index in [9.17, 15) is 5.11 Å². The van der Waals surface area contributed by atoms with Gasteiger partial charge in [0.05, 0.1) is 13.0 Å². The first-order chi connectivity index (χ1) is 13.8. The zero-order valence-electron chi connectivity index (χ0n) is 15.6. The van der Waals surface area contributed by atoms with Crippen LogP contribution in [0.15, 0.2) is 91.0 Å². The highest BCUT2D eigenvalue weighted by Crippen LogP contribution is 2.37. The molecule has 0 heterocycles. The predicted molar refractivity (Wildman–Crippen MR) is 114 cm³/mol. The highest BCUT2D eigenvalue weighted by atomic mass is 16.5. The molecule has 2 heteroatoms. The third-order valence-corrected chi connectivity index (χ3v) is 4.82. The molecule has 0 aliphatic heterocycles. The molecule has 4 aromatic carbocycles. The van der Waals surface area contributed by atoms with Crippen LogP contribution in [0, 0.1) is 11.8 Å². The van der Waals surface area contributed by atoms with Crippen LogP contribution in [0.2, 0.25) is 0 Å². The third-order valence-electron chi connectivity index (χ3n) is 4.82. The van der Waals surface area contributed by atoms with E-state index in [0.717, 1.165) is 33.2 Å². The lowest BCUT2D eigenvalue weighted by Gasteiger charge is -2.17. The predicted octanol–water partition coefficient (Wildman–Crippen LogP) is 5.74. The van der Waals surface area contributed by atoms with Crippen LogP contribution in [0.3, 0.4) is 0 Å². The molecule has 0 aliphatic rings. The number of ether oxygens (including phenoxy) is 1. The van der Waals surface area contributed by atoms with Crippen LogP contribution in [0.25, 0.3) is 10.8 Å². The maximum absolute atomic E-state index is 10.7. The van der Waals surface area contributed by atoms with Crippen molar-refractivity contribution in [1.29, 1.82) is 0 Å². The Morgan fingerprint density at radius 3 is 2.25 bits per heavy atom. The lowest BCUT2D eigenvalue weighted by molar-refractivity contribution is 0.414. The second kappa shape index (κ2) is 7.90. The number of phenolic OH excluding ortho intramolecular Hbond substituents is 1. The number of aromatic hydroxyl groups is 1. The Hall–Kier alpha value is -3.70. The topological polar surface area (TPSA) is 29.5 Å². The summed E-state index contributed by atoms with van der Waals surface area (Å²) < 4.78 is 5.29. The zero-order valence-corrected chi connectivity index (χ0v) is 15.6. The molecule has 1 unspecified atom stereocenters. The quantitative estimate of drug-likeness (QED) is 0.470. The van der Waals surface area contributed by atoms with Crippen molar-refractivity contribution in [2.24, 2.45) is 0 Å². The maximum Gasteiger partial charge on any atom is 0.121 e. The van der Waals surface area contributed by atoms with Crippen molar-refractivity contribution in [1.82, 2.24) is 0 Å². The van der Waals surface area contributed by atoms with E-state index in [0.29, 0.717) is 0 Å². The van der Waals surface area contributed by atoms with Gasteiger partial charge in [-0.25, -0.2) is 0 Å². The number of methoxy groups -OCH3 is 1. The van der Waals surface area contributed by atoms with E-state index in [2.05, 4.69) is 11.8 Å². The summed E-state index contributed by atoms with van der Waals surface area (Å²) in [5.74, 6) is 7.44. The third kappa shape index (κ3) is 3.56. The molecule has 4 aromatic rings. The van der Waals surface area contributed by atoms with E-state index in [-0.39, 0.29) is 11.7 Å². The number of fused-ring (bicyclic) bond motifs is 1. The number of rotatable bonds is 3. The molecule has 0 aliphatic carbocycles. The van der Waals surface area contributed by atoms with E-state index in [1.807, 2.05) is 84.9 Å². The number of hydrogen-bond acceptors (Lipinski definition) is 2. The van der Waals surface area contributed by atoms with Crippen molar-refractivity contribution in [2.45, 2.75) is 5.92 Å². The van der Waals surface area contributed by atoms with Crippen LogP contribution in [-0.2, 0) is 0 Å². The van der Waals surface area contributed by atoms with Crippen molar-refractivity contribution in [3.63, 3.8) is 0 Å². The molecule has 0 fully saturated rings. The normalized spacial score (nSPS) is 11.5. The molecule has 136 valence electrons. The van der Waals surface area contributed by atoms with E-state index >= 15 is 0 Å². The van der Waals surface area contributed by atoms with Gasteiger partial charge in [-0.3, -0.25) is 0 Å². The van der Waals surface area contributed by atoms with Gasteiger partial charge in [0, 0.05) is 11.1 Å². The Balaban J connectivity index is 1.91. The second-order valence-electron chi connectivity index (χ2n) is 6.56. The first-order valence-electron chi connectivity index (χ1n) is 9.17. The molecule has 0 saturated heterocycles. The maximum atomic E-state index is 10.7. The smallest absolute Gasteiger partial charge is 0.121 e. The van der Waals surface area contributed by atoms with Crippen molar-refractivity contribution in [3.8, 4) is 23.3 Å². The van der Waals surface area contributed by atoms with E-state index in [4.69, 9.17) is 4.74 Å². The summed E-state index contributed by atoms with van der Waals surface area (Å²) in [6, 6.07) is 29.5. The van der Waals surface area contributed by atoms with Crippen molar-refractivity contribution in [3.05, 3.63) is 108 Å². The first-order valence-corrected chi connectivity index (χ1v) is 9.17. The summed E-state index contributed by atoms with van der Waals surface area (Å²) in [5.41, 5.74) is 2.78. The Bertz CT molecular complexity index is 1150. The molecule has 0 radical (unpaired) electrons. The Kier molecular flexibility index (Phi) is 4.99. The second-order valence-corrected chi connectivity index (χ2v) is 6.56. The van der Waals surface area contributed by atoms with E-state index in [1.54, 1.807) is 13.2 Å². The summed E-state index contributed by atoms with van der Waals surface area (Å²) >= 11 is 0. The van der Waals surface area contributed by atoms with E-state index < -0.39 is 0 Å². The standard InChI is InChI=1S/C26H20O2/c1-28-22-15-12-21(13-16-22)24(17-11-19-7-3-2-4-8-19)26-23-10-6-5-9-20(23)14-18-25(26)27/h2-10,12-16,18,24,27H,1H3. The van der Waals surface area contributed by atoms with Gasteiger partial charge in [-0.1, -0.05) is 72.5 Å². The highest BCUT2D eigenvalue weighted by Gasteiger charge is 2.19. The van der Waals surface area contributed by atoms with Gasteiger partial charge in [0.2, 0.25) is 0 Å². The van der Waals surface area contributed by atoms with Crippen molar-refractivity contribution < 1.29 is 9.84 Å². The fourth-order valence-electron chi connectivity index (χ4n) is 3.38. The Morgan fingerprint density at radius 2 is 1.50 bits per heavy atom. The summed E-state index contributed by atoms with van der Waals surface area (Å²) in [6.07, 6.45) is 0. The zero-order chi connectivity index (χ0) is 19.3. The highest BCUT2D eigenvalue weighted by molar-refractivity contribution is 5.89. The summed E-state index contributed by atoms with van der Waals surface area (Å²) in [5, 5.41) is 12.8. The molecule has 0 amide bonds. The molecule has 0 saturated carbocycles.